The highest BCUT2D eigenvalue weighted by molar-refractivity contribution is 9.10. The van der Waals surface area contributed by atoms with E-state index in [1.54, 1.807) is 6.07 Å². The third-order valence-electron chi connectivity index (χ3n) is 2.93. The highest BCUT2D eigenvalue weighted by atomic mass is 79.9. The van der Waals surface area contributed by atoms with Gasteiger partial charge in [-0.25, -0.2) is 4.39 Å². The number of hydrogen-bond acceptors (Lipinski definition) is 2. The molecule has 100 valence electrons. The van der Waals surface area contributed by atoms with Gasteiger partial charge in [-0.3, -0.25) is 0 Å². The zero-order valence-electron chi connectivity index (χ0n) is 10.4. The van der Waals surface area contributed by atoms with E-state index in [4.69, 9.17) is 0 Å². The van der Waals surface area contributed by atoms with Crippen molar-refractivity contribution in [1.29, 1.82) is 0 Å². The zero-order valence-corrected chi connectivity index (χ0v) is 12.0. The van der Waals surface area contributed by atoms with Gasteiger partial charge in [-0.15, -0.1) is 0 Å². The van der Waals surface area contributed by atoms with E-state index in [1.165, 1.54) is 6.07 Å². The largest absolute Gasteiger partial charge is 0.392 e. The summed E-state index contributed by atoms with van der Waals surface area (Å²) in [6.45, 7) is 1.08. The summed E-state index contributed by atoms with van der Waals surface area (Å²) in [7, 11) is 0. The summed E-state index contributed by atoms with van der Waals surface area (Å²) < 4.78 is 14.3. The number of hydrogen-bond donors (Lipinski definition) is 2. The maximum atomic E-state index is 13.6. The number of aliphatic hydroxyl groups is 1. The topological polar surface area (TPSA) is 32.3 Å². The number of halogens is 2. The molecule has 2 aromatic carbocycles. The number of benzene rings is 2. The van der Waals surface area contributed by atoms with E-state index in [0.29, 0.717) is 18.7 Å². The molecule has 0 atom stereocenters. The minimum absolute atomic E-state index is 0.0184. The molecule has 0 aliphatic heterocycles. The van der Waals surface area contributed by atoms with Crippen molar-refractivity contribution in [3.05, 3.63) is 69.4 Å². The Labute approximate surface area is 120 Å². The molecule has 0 fully saturated rings. The second kappa shape index (κ2) is 6.80. The lowest BCUT2D eigenvalue weighted by molar-refractivity contribution is 0.280. The average Bonchev–Trinajstić information content (AvgIpc) is 2.42. The second-order valence-electron chi connectivity index (χ2n) is 4.27. The predicted molar refractivity (Wildman–Crippen MR) is 77.0 cm³/mol. The van der Waals surface area contributed by atoms with Crippen LogP contribution in [0.25, 0.3) is 0 Å². The first-order valence-electron chi connectivity index (χ1n) is 6.03. The van der Waals surface area contributed by atoms with E-state index < -0.39 is 0 Å². The van der Waals surface area contributed by atoms with Gasteiger partial charge in [0.1, 0.15) is 5.82 Å². The van der Waals surface area contributed by atoms with Crippen molar-refractivity contribution in [1.82, 2.24) is 5.32 Å². The molecule has 0 heterocycles. The lowest BCUT2D eigenvalue weighted by atomic mass is 10.1. The molecule has 0 saturated heterocycles. The third-order valence-corrected chi connectivity index (χ3v) is 3.43. The Kier molecular flexibility index (Phi) is 5.07. The van der Waals surface area contributed by atoms with Gasteiger partial charge in [0, 0.05) is 23.1 Å². The van der Waals surface area contributed by atoms with Crippen molar-refractivity contribution in [2.75, 3.05) is 0 Å². The van der Waals surface area contributed by atoms with Crippen LogP contribution in [-0.4, -0.2) is 5.11 Å². The van der Waals surface area contributed by atoms with E-state index in [9.17, 15) is 9.50 Å². The monoisotopic (exact) mass is 323 g/mol. The molecule has 0 amide bonds. The molecule has 2 nitrogen and oxygen atoms in total. The van der Waals surface area contributed by atoms with Crippen LogP contribution in [-0.2, 0) is 19.7 Å². The Morgan fingerprint density at radius 3 is 2.37 bits per heavy atom. The fourth-order valence-electron chi connectivity index (χ4n) is 1.88. The van der Waals surface area contributed by atoms with Gasteiger partial charge in [-0.1, -0.05) is 46.3 Å². The molecule has 0 saturated carbocycles. The molecular weight excluding hydrogens is 309 g/mol. The van der Waals surface area contributed by atoms with Gasteiger partial charge in [-0.2, -0.15) is 0 Å². The summed E-state index contributed by atoms with van der Waals surface area (Å²) in [5.41, 5.74) is 2.55. The van der Waals surface area contributed by atoms with Gasteiger partial charge < -0.3 is 10.4 Å². The average molecular weight is 324 g/mol. The Morgan fingerprint density at radius 1 is 1.00 bits per heavy atom. The van der Waals surface area contributed by atoms with Crippen molar-refractivity contribution in [3.8, 4) is 0 Å². The molecule has 0 unspecified atom stereocenters. The predicted octanol–water partition coefficient (Wildman–Crippen LogP) is 3.37. The maximum absolute atomic E-state index is 13.6. The van der Waals surface area contributed by atoms with Crippen LogP contribution in [0.1, 0.15) is 16.7 Å². The van der Waals surface area contributed by atoms with Gasteiger partial charge >= 0.3 is 0 Å². The highest BCUT2D eigenvalue weighted by Crippen LogP contribution is 2.15. The van der Waals surface area contributed by atoms with E-state index in [1.807, 2.05) is 30.3 Å². The molecular formula is C15H15BrFNO. The van der Waals surface area contributed by atoms with Crippen LogP contribution >= 0.6 is 15.9 Å². The smallest absolute Gasteiger partial charge is 0.128 e. The number of nitrogens with one attached hydrogen (secondary N) is 1. The van der Waals surface area contributed by atoms with Crippen LogP contribution in [0.15, 0.2) is 46.9 Å². The molecule has 2 aromatic rings. The van der Waals surface area contributed by atoms with Gasteiger partial charge in [0.15, 0.2) is 0 Å². The summed E-state index contributed by atoms with van der Waals surface area (Å²) in [5.74, 6) is -0.225. The lowest BCUT2D eigenvalue weighted by Crippen LogP contribution is -2.15. The summed E-state index contributed by atoms with van der Waals surface area (Å²) in [5, 5.41) is 12.4. The van der Waals surface area contributed by atoms with Crippen molar-refractivity contribution in [2.24, 2.45) is 0 Å². The van der Waals surface area contributed by atoms with E-state index >= 15 is 0 Å². The quantitative estimate of drug-likeness (QED) is 0.884. The summed E-state index contributed by atoms with van der Waals surface area (Å²) in [4.78, 5) is 0. The standard InChI is InChI=1S/C15H15BrFNO/c16-14-6-5-12(15(17)7-14)9-18-8-11-3-1-2-4-13(11)10-19/h1-7,18-19H,8-10H2. The Morgan fingerprint density at radius 2 is 1.68 bits per heavy atom. The zero-order chi connectivity index (χ0) is 13.7. The minimum atomic E-state index is -0.225. The molecule has 2 N–H and O–H groups in total. The molecule has 0 aliphatic rings. The van der Waals surface area contributed by atoms with Gasteiger partial charge in [0.05, 0.1) is 6.61 Å². The summed E-state index contributed by atoms with van der Waals surface area (Å²) >= 11 is 3.23. The second-order valence-corrected chi connectivity index (χ2v) is 5.18. The van der Waals surface area contributed by atoms with Crippen molar-refractivity contribution in [2.45, 2.75) is 19.7 Å². The summed E-state index contributed by atoms with van der Waals surface area (Å²) in [6, 6.07) is 12.7. The van der Waals surface area contributed by atoms with Crippen LogP contribution in [0.5, 0.6) is 0 Å². The first kappa shape index (κ1) is 14.2. The Balaban J connectivity index is 1.96. The molecule has 2 rings (SSSR count). The first-order valence-corrected chi connectivity index (χ1v) is 6.82. The summed E-state index contributed by atoms with van der Waals surface area (Å²) in [6.07, 6.45) is 0. The normalized spacial score (nSPS) is 10.7. The van der Waals surface area contributed by atoms with E-state index in [2.05, 4.69) is 21.2 Å². The fourth-order valence-corrected chi connectivity index (χ4v) is 2.21. The first-order chi connectivity index (χ1) is 9.20. The molecule has 4 heteroatoms. The fraction of sp³-hybridized carbons (Fsp3) is 0.200. The molecule has 19 heavy (non-hydrogen) atoms. The maximum Gasteiger partial charge on any atom is 0.128 e. The molecule has 0 aliphatic carbocycles. The molecule has 0 aromatic heterocycles. The van der Waals surface area contributed by atoms with Crippen LogP contribution in [0.4, 0.5) is 4.39 Å². The molecule has 0 radical (unpaired) electrons. The van der Waals surface area contributed by atoms with Crippen molar-refractivity contribution in [3.63, 3.8) is 0 Å². The van der Waals surface area contributed by atoms with Crippen molar-refractivity contribution < 1.29 is 9.50 Å². The lowest BCUT2D eigenvalue weighted by Gasteiger charge is -2.09. The van der Waals surface area contributed by atoms with Gasteiger partial charge in [0.25, 0.3) is 0 Å². The minimum Gasteiger partial charge on any atom is -0.392 e. The van der Waals surface area contributed by atoms with Crippen LogP contribution < -0.4 is 5.32 Å². The van der Waals surface area contributed by atoms with Crippen LogP contribution in [0.2, 0.25) is 0 Å². The van der Waals surface area contributed by atoms with Gasteiger partial charge in [-0.05, 0) is 23.3 Å². The van der Waals surface area contributed by atoms with Gasteiger partial charge in [0.2, 0.25) is 0 Å². The highest BCUT2D eigenvalue weighted by Gasteiger charge is 2.04. The molecule has 0 spiro atoms. The van der Waals surface area contributed by atoms with Crippen LogP contribution in [0, 0.1) is 5.82 Å². The Bertz CT molecular complexity index is 560. The van der Waals surface area contributed by atoms with E-state index in [-0.39, 0.29) is 12.4 Å². The van der Waals surface area contributed by atoms with Crippen LogP contribution in [0.3, 0.4) is 0 Å². The number of aliphatic hydroxyl groups excluding tert-OH is 1. The number of rotatable bonds is 5. The SMILES string of the molecule is OCc1ccccc1CNCc1ccc(Br)cc1F. The third kappa shape index (κ3) is 3.86. The Hall–Kier alpha value is -1.23. The molecule has 0 bridgehead atoms. The van der Waals surface area contributed by atoms with E-state index in [0.717, 1.165) is 15.6 Å². The van der Waals surface area contributed by atoms with Crippen molar-refractivity contribution >= 4 is 15.9 Å².